The van der Waals surface area contributed by atoms with E-state index < -0.39 is 29.6 Å². The maximum absolute atomic E-state index is 9.89. The molecule has 0 aliphatic rings. The smallest absolute Gasteiger partial charge is 0.867 e. The molecule has 0 saturated carbocycles. The third-order valence-corrected chi connectivity index (χ3v) is 0. The molecule has 0 aromatic carbocycles. The molecule has 0 aromatic heterocycles. The first kappa shape index (κ1) is 49.5. The van der Waals surface area contributed by atoms with E-state index in [0.29, 0.717) is 0 Å². The molecule has 0 spiro atoms. The minimum absolute atomic E-state index is 0. The molecule has 0 aromatic rings. The van der Waals surface area contributed by atoms with Crippen LogP contribution in [0.25, 0.3) is 0 Å². The van der Waals surface area contributed by atoms with Gasteiger partial charge in [0.15, 0.2) is 0 Å². The van der Waals surface area contributed by atoms with E-state index in [2.05, 4.69) is 0 Å². The third kappa shape index (κ3) is 2300. The average molecular weight is 471 g/mol. The van der Waals surface area contributed by atoms with Gasteiger partial charge in [-0.05, 0) is 0 Å². The molecule has 20 heavy (non-hydrogen) atoms. The van der Waals surface area contributed by atoms with Gasteiger partial charge < -0.3 is 57.5 Å². The van der Waals surface area contributed by atoms with Crippen molar-refractivity contribution in [3.8, 4) is 0 Å². The van der Waals surface area contributed by atoms with E-state index in [1.807, 2.05) is 0 Å². The van der Waals surface area contributed by atoms with Crippen LogP contribution >= 0.6 is 0 Å². The quantitative estimate of drug-likeness (QED) is 0.247. The standard InChI is InChI=1S/4BFO2.4Fe/c4*2-1(3)4;;;;/q4*-2;4*+2. The molecule has 0 radical (unpaired) electrons. The van der Waals surface area contributed by atoms with Crippen molar-refractivity contribution in [2.45, 2.75) is 0 Å². The summed E-state index contributed by atoms with van der Waals surface area (Å²) in [6, 6.07) is 0. The molecule has 8 nitrogen and oxygen atoms in total. The zero-order valence-corrected chi connectivity index (χ0v) is 12.9. The summed E-state index contributed by atoms with van der Waals surface area (Å²) in [5.74, 6) is 0. The van der Waals surface area contributed by atoms with Crippen molar-refractivity contribution in [3.63, 3.8) is 0 Å². The molecule has 120 valence electrons. The Labute approximate surface area is 155 Å². The van der Waals surface area contributed by atoms with Gasteiger partial charge in [0, 0.05) is 0 Å². The minimum atomic E-state index is -3.17. The maximum atomic E-state index is 9.89. The first-order valence-electron chi connectivity index (χ1n) is 2.76. The van der Waals surface area contributed by atoms with Crippen LogP contribution in [0.1, 0.15) is 0 Å². The summed E-state index contributed by atoms with van der Waals surface area (Å²) in [5, 5.41) is 66.4. The number of rotatable bonds is 0. The van der Waals surface area contributed by atoms with Crippen LogP contribution in [0, 0.1) is 0 Å². The molecule has 20 heteroatoms. The number of halogens is 4. The normalized spacial score (nSPS) is 5.40. The van der Waals surface area contributed by atoms with Gasteiger partial charge in [-0.3, -0.25) is 0 Å². The van der Waals surface area contributed by atoms with Gasteiger partial charge in [0.2, 0.25) is 0 Å². The predicted octanol–water partition coefficient (Wildman–Crippen LogP) is -9.36. The van der Waals surface area contributed by atoms with E-state index in [9.17, 15) is 17.3 Å². The second-order valence-corrected chi connectivity index (χ2v) is 1.10. The summed E-state index contributed by atoms with van der Waals surface area (Å²) in [6.45, 7) is 0. The van der Waals surface area contributed by atoms with Crippen LogP contribution in [-0.2, 0) is 68.3 Å². The van der Waals surface area contributed by atoms with Crippen LogP contribution in [-0.4, -0.2) is 29.6 Å². The molecular weight excluding hydrogens is 471 g/mol. The first-order valence-corrected chi connectivity index (χ1v) is 2.76. The second-order valence-electron chi connectivity index (χ2n) is 1.10. The van der Waals surface area contributed by atoms with Crippen LogP contribution in [0.5, 0.6) is 0 Å². The molecule has 0 bridgehead atoms. The Balaban J connectivity index is -0.0000000150. The average Bonchev–Trinajstić information content (AvgIpc) is 1.76. The zero-order chi connectivity index (χ0) is 14.3. The Morgan fingerprint density at radius 2 is 0.350 bits per heavy atom. The first-order chi connectivity index (χ1) is 6.93. The van der Waals surface area contributed by atoms with Crippen LogP contribution in [0.15, 0.2) is 0 Å². The number of hydrogen-bond donors (Lipinski definition) is 0. The van der Waals surface area contributed by atoms with Gasteiger partial charge in [0.25, 0.3) is 0 Å². The second kappa shape index (κ2) is 42.8. The Hall–Kier alpha value is 1.74. The van der Waals surface area contributed by atoms with Gasteiger partial charge in [-0.2, -0.15) is 0 Å². The Kier molecular flexibility index (Phi) is 106. The van der Waals surface area contributed by atoms with Crippen LogP contribution in [0.3, 0.4) is 0 Å². The van der Waals surface area contributed by atoms with Crippen LogP contribution in [0.2, 0.25) is 0 Å². The third-order valence-electron chi connectivity index (χ3n) is 0. The van der Waals surface area contributed by atoms with Crippen LogP contribution in [0.4, 0.5) is 17.3 Å². The van der Waals surface area contributed by atoms with E-state index >= 15 is 0 Å². The molecule has 0 rings (SSSR count). The molecule has 0 heterocycles. The molecule has 0 aliphatic heterocycles. The molecule has 0 N–H and O–H groups in total. The van der Waals surface area contributed by atoms with Crippen molar-refractivity contribution in [2.24, 2.45) is 0 Å². The van der Waals surface area contributed by atoms with Crippen molar-refractivity contribution < 1.29 is 126 Å². The maximum Gasteiger partial charge on any atom is 2.00 e. The minimum Gasteiger partial charge on any atom is -0.867 e. The van der Waals surface area contributed by atoms with Crippen molar-refractivity contribution in [1.82, 2.24) is 0 Å². The van der Waals surface area contributed by atoms with Crippen molar-refractivity contribution in [1.29, 1.82) is 0 Å². The van der Waals surface area contributed by atoms with Gasteiger partial charge in [-0.15, -0.1) is 0 Å². The van der Waals surface area contributed by atoms with Crippen molar-refractivity contribution >= 4 is 29.6 Å². The predicted molar refractivity (Wildman–Crippen MR) is 27.4 cm³/mol. The van der Waals surface area contributed by atoms with Gasteiger partial charge in [-0.1, -0.05) is 0 Å². The fourth-order valence-electron chi connectivity index (χ4n) is 0. The summed E-state index contributed by atoms with van der Waals surface area (Å²) >= 11 is 0. The largest absolute Gasteiger partial charge is 2.00 e. The summed E-state index contributed by atoms with van der Waals surface area (Å²) in [6.07, 6.45) is 0. The van der Waals surface area contributed by atoms with Crippen LogP contribution < -0.4 is 40.2 Å². The SMILES string of the molecule is [Fe+2].[Fe+2].[Fe+2].[Fe+2].[O-]B([O-])F.[O-]B([O-])F.[O-]B([O-])F.[O-]B([O-])F. The van der Waals surface area contributed by atoms with Gasteiger partial charge in [0.1, 0.15) is 29.6 Å². The fraction of sp³-hybridized carbons (Fsp3) is 0. The molecular formula is B4F4Fe4O8. The molecule has 0 amide bonds. The Morgan fingerprint density at radius 1 is 0.350 bits per heavy atom. The van der Waals surface area contributed by atoms with Crippen molar-refractivity contribution in [3.05, 3.63) is 0 Å². The molecule has 0 unspecified atom stereocenters. The molecule has 0 aliphatic carbocycles. The molecule has 0 saturated heterocycles. The van der Waals surface area contributed by atoms with Gasteiger partial charge in [0.05, 0.1) is 0 Å². The zero-order valence-electron chi connectivity index (χ0n) is 8.50. The van der Waals surface area contributed by atoms with E-state index in [1.165, 1.54) is 0 Å². The summed E-state index contributed by atoms with van der Waals surface area (Å²) in [4.78, 5) is 0. The van der Waals surface area contributed by atoms with Crippen molar-refractivity contribution in [2.75, 3.05) is 0 Å². The van der Waals surface area contributed by atoms with E-state index in [-0.39, 0.29) is 68.3 Å². The monoisotopic (exact) mass is 472 g/mol. The van der Waals surface area contributed by atoms with E-state index in [1.54, 1.807) is 0 Å². The summed E-state index contributed by atoms with van der Waals surface area (Å²) in [5.41, 5.74) is 0. The number of hydrogen-bond acceptors (Lipinski definition) is 8. The Bertz CT molecular complexity index is 81.5. The van der Waals surface area contributed by atoms with Gasteiger partial charge in [-0.25, -0.2) is 0 Å². The van der Waals surface area contributed by atoms with E-state index in [4.69, 9.17) is 40.2 Å². The topological polar surface area (TPSA) is 184 Å². The summed E-state index contributed by atoms with van der Waals surface area (Å²) in [7, 11) is -12.7. The van der Waals surface area contributed by atoms with E-state index in [0.717, 1.165) is 0 Å². The van der Waals surface area contributed by atoms with Gasteiger partial charge >= 0.3 is 68.3 Å². The fourth-order valence-corrected chi connectivity index (χ4v) is 0. The molecule has 0 atom stereocenters. The molecule has 0 fully saturated rings. The Morgan fingerprint density at radius 3 is 0.350 bits per heavy atom. The summed E-state index contributed by atoms with van der Waals surface area (Å²) < 4.78 is 39.6.